The predicted molar refractivity (Wildman–Crippen MR) is 283 cm³/mol. The molecule has 0 aliphatic carbocycles. The van der Waals surface area contributed by atoms with Crippen LogP contribution in [0.15, 0.2) is 0 Å². The summed E-state index contributed by atoms with van der Waals surface area (Å²) in [6.07, 6.45) is 8.68. The zero-order chi connectivity index (χ0) is 54.1. The molecule has 9 N–H and O–H groups in total. The molecule has 0 aliphatic heterocycles. The minimum atomic E-state index is -0.766. The van der Waals surface area contributed by atoms with Crippen LogP contribution in [0.3, 0.4) is 0 Å². The van der Waals surface area contributed by atoms with Gasteiger partial charge in [-0.2, -0.15) is 0 Å². The number of unbranched alkanes of at least 4 members (excludes halogenated alkanes) is 4. The number of carbonyl (C=O) groups is 8. The van der Waals surface area contributed by atoms with E-state index in [0.717, 1.165) is 38.5 Å². The molecule has 436 valence electrons. The van der Waals surface area contributed by atoms with Crippen molar-refractivity contribution in [2.75, 3.05) is 141 Å². The number of rotatable bonds is 49. The second-order valence-electron chi connectivity index (χ2n) is 17.4. The van der Waals surface area contributed by atoms with Crippen LogP contribution in [0.25, 0.3) is 0 Å². The fraction of sp³-hybridized carbons (Fsp3) is 0.843. The molecule has 0 unspecified atom stereocenters. The van der Waals surface area contributed by atoms with E-state index in [-0.39, 0.29) is 128 Å². The van der Waals surface area contributed by atoms with Gasteiger partial charge in [0.1, 0.15) is 5.78 Å². The summed E-state index contributed by atoms with van der Waals surface area (Å²) >= 11 is 0. The molecule has 7 amide bonds. The highest BCUT2D eigenvalue weighted by atomic mass is 16.5. The van der Waals surface area contributed by atoms with Gasteiger partial charge in [-0.15, -0.1) is 0 Å². The summed E-state index contributed by atoms with van der Waals surface area (Å²) < 4.78 is 46.9. The van der Waals surface area contributed by atoms with E-state index in [1.807, 2.05) is 0 Å². The highest BCUT2D eigenvalue weighted by molar-refractivity contribution is 5.78. The number of Topliss-reactive ketones (excluding diaryl/α,β-unsaturated/α-hetero) is 1. The van der Waals surface area contributed by atoms with Crippen LogP contribution in [0.5, 0.6) is 0 Å². The summed E-state index contributed by atoms with van der Waals surface area (Å²) in [7, 11) is 7.96. The first-order valence-corrected chi connectivity index (χ1v) is 25.3. The Balaban J connectivity index is -0.000000660. The number of nitrogens with one attached hydrogen (secondary N) is 5. The maximum atomic E-state index is 11.5. The summed E-state index contributed by atoms with van der Waals surface area (Å²) in [4.78, 5) is 90.8. The van der Waals surface area contributed by atoms with Crippen LogP contribution in [0.1, 0.15) is 131 Å². The van der Waals surface area contributed by atoms with Gasteiger partial charge in [0, 0.05) is 119 Å². The molecule has 0 aromatic rings. The van der Waals surface area contributed by atoms with Gasteiger partial charge in [0.05, 0.1) is 90.1 Å². The summed E-state index contributed by atoms with van der Waals surface area (Å²) in [6, 6.07) is 0. The highest BCUT2D eigenvalue weighted by Gasteiger charge is 2.34. The lowest BCUT2D eigenvalue weighted by Crippen LogP contribution is -2.42. The first kappa shape index (κ1) is 76.2. The Hall–Kier alpha value is -4.36. The smallest absolute Gasteiger partial charge is 0.222 e. The van der Waals surface area contributed by atoms with Crippen LogP contribution in [0, 0.1) is 10.8 Å². The molecular weight excluding hydrogens is 967 g/mol. The van der Waals surface area contributed by atoms with Crippen LogP contribution in [0.2, 0.25) is 0 Å². The lowest BCUT2D eigenvalue weighted by atomic mass is 9.92. The molecule has 0 atom stereocenters. The first-order valence-electron chi connectivity index (χ1n) is 25.3. The summed E-state index contributed by atoms with van der Waals surface area (Å²) in [5, 5.41) is 12.9. The number of ketones is 1. The van der Waals surface area contributed by atoms with E-state index in [1.54, 1.807) is 42.2 Å². The van der Waals surface area contributed by atoms with E-state index >= 15 is 0 Å². The summed E-state index contributed by atoms with van der Waals surface area (Å²) in [5.74, 6) is -0.982. The number of hydrogen-bond donors (Lipinski definition) is 7. The molecule has 0 spiro atoms. The number of carbonyl (C=O) groups excluding carboxylic acids is 8. The number of ether oxygens (including phenoxy) is 8. The van der Waals surface area contributed by atoms with Crippen molar-refractivity contribution in [1.82, 2.24) is 26.6 Å². The Labute approximate surface area is 443 Å². The second kappa shape index (κ2) is 52.1. The fourth-order valence-electron chi connectivity index (χ4n) is 6.27. The van der Waals surface area contributed by atoms with Crippen LogP contribution >= 0.6 is 0 Å². The Morgan fingerprint density at radius 2 is 0.554 bits per heavy atom. The van der Waals surface area contributed by atoms with Gasteiger partial charge in [0.25, 0.3) is 0 Å². The zero-order valence-corrected chi connectivity index (χ0v) is 44.5. The number of hydrogen-bond acceptors (Lipinski definition) is 16. The van der Waals surface area contributed by atoms with Crippen molar-refractivity contribution in [3.63, 3.8) is 0 Å². The Morgan fingerprint density at radius 1 is 0.324 bits per heavy atom. The van der Waals surface area contributed by atoms with Crippen molar-refractivity contribution < 1.29 is 76.3 Å². The summed E-state index contributed by atoms with van der Waals surface area (Å²) in [5.41, 5.74) is 9.05. The van der Waals surface area contributed by atoms with Crippen LogP contribution in [-0.2, 0) is 76.3 Å². The van der Waals surface area contributed by atoms with Crippen LogP contribution < -0.4 is 38.1 Å². The van der Waals surface area contributed by atoms with Gasteiger partial charge < -0.3 is 75.9 Å². The fourth-order valence-corrected chi connectivity index (χ4v) is 6.27. The Morgan fingerprint density at radius 3 is 0.811 bits per heavy atom. The van der Waals surface area contributed by atoms with Crippen LogP contribution in [-0.4, -0.2) is 188 Å². The van der Waals surface area contributed by atoms with Gasteiger partial charge in [0.15, 0.2) is 0 Å². The molecule has 0 aliphatic rings. The van der Waals surface area contributed by atoms with Crippen molar-refractivity contribution in [3.8, 4) is 0 Å². The quantitative estimate of drug-likeness (QED) is 0.0430. The van der Waals surface area contributed by atoms with Crippen molar-refractivity contribution in [1.29, 1.82) is 0 Å². The molecule has 0 aromatic heterocycles. The maximum Gasteiger partial charge on any atom is 0.222 e. The molecular formula is C51H101N7O16. The lowest BCUT2D eigenvalue weighted by Gasteiger charge is -2.33. The monoisotopic (exact) mass is 1070 g/mol. The van der Waals surface area contributed by atoms with E-state index in [1.165, 1.54) is 0 Å². The largest absolute Gasteiger partial charge is 0.381 e. The third-order valence-electron chi connectivity index (χ3n) is 10.8. The summed E-state index contributed by atoms with van der Waals surface area (Å²) in [6.45, 7) is 6.52. The van der Waals surface area contributed by atoms with E-state index in [0.29, 0.717) is 104 Å². The topological polar surface area (TPSA) is 323 Å². The Bertz CT molecular complexity index is 1350. The molecule has 0 radical (unpaired) electrons. The molecule has 23 heteroatoms. The standard InChI is InChI=1S/C28H54N4O8.C21H39N3O8.2CH4/c1-30-25(34)13-5-9-17-38-21-28(20-37-16-8-4-12-24(29)33,22-39-18-10-6-14-26(35)31-2)23-40-19-11-7-15-27(36)32-3;1-4-17(25)5-9-29-13-21(14-30-10-6-18(22)26,15-31-11-7-19(27)23-2)16-32-12-8-20(28)24-3;;/h4-23H2,1-3H3,(H2,29,33)(H,30,34)(H,31,35)(H,32,36);4-16H2,1-3H3,(H2,22,26)(H,23,27)(H,24,28);2*1H4. The predicted octanol–water partition coefficient (Wildman–Crippen LogP) is 2.27. The highest BCUT2D eigenvalue weighted by Crippen LogP contribution is 2.23. The molecule has 0 heterocycles. The van der Waals surface area contributed by atoms with Gasteiger partial charge >= 0.3 is 0 Å². The van der Waals surface area contributed by atoms with E-state index in [9.17, 15) is 38.4 Å². The van der Waals surface area contributed by atoms with Gasteiger partial charge in [-0.05, 0) is 51.4 Å². The molecule has 0 saturated carbocycles. The normalized spacial score (nSPS) is 10.9. The molecule has 0 aromatic carbocycles. The Kier molecular flexibility index (Phi) is 53.6. The van der Waals surface area contributed by atoms with Gasteiger partial charge in [-0.1, -0.05) is 21.8 Å². The third kappa shape index (κ3) is 47.4. The van der Waals surface area contributed by atoms with Crippen molar-refractivity contribution in [2.45, 2.75) is 131 Å². The SMILES string of the molecule is C.C.CCC(=O)CCOCC(COCCC(N)=O)(COCCC(=O)NC)COCCC(=O)NC.CNC(=O)CCCCOCC(COCCCCC(N)=O)(COCCCCC(=O)NC)COCCCCC(=O)NC. The maximum absolute atomic E-state index is 11.5. The average Bonchev–Trinajstić information content (AvgIpc) is 3.37. The average molecular weight is 1070 g/mol. The van der Waals surface area contributed by atoms with Gasteiger partial charge in [-0.3, -0.25) is 38.4 Å². The van der Waals surface area contributed by atoms with E-state index in [4.69, 9.17) is 49.4 Å². The molecule has 0 fully saturated rings. The van der Waals surface area contributed by atoms with Crippen molar-refractivity contribution >= 4 is 47.1 Å². The van der Waals surface area contributed by atoms with Crippen molar-refractivity contribution in [3.05, 3.63) is 0 Å². The zero-order valence-electron chi connectivity index (χ0n) is 44.5. The minimum Gasteiger partial charge on any atom is -0.381 e. The lowest BCUT2D eigenvalue weighted by molar-refractivity contribution is -0.128. The number of amides is 7. The minimum absolute atomic E-state index is 0. The number of nitrogens with two attached hydrogens (primary N) is 2. The molecule has 0 saturated heterocycles. The van der Waals surface area contributed by atoms with Crippen molar-refractivity contribution in [2.24, 2.45) is 22.3 Å². The van der Waals surface area contributed by atoms with Gasteiger partial charge in [-0.25, -0.2) is 0 Å². The van der Waals surface area contributed by atoms with Gasteiger partial charge in [0.2, 0.25) is 41.4 Å². The third-order valence-corrected chi connectivity index (χ3v) is 10.8. The molecule has 0 rings (SSSR count). The number of primary amides is 2. The first-order chi connectivity index (χ1) is 34.6. The molecule has 74 heavy (non-hydrogen) atoms. The van der Waals surface area contributed by atoms with E-state index in [2.05, 4.69) is 26.6 Å². The molecule has 23 nitrogen and oxygen atoms in total. The molecule has 0 bridgehead atoms. The van der Waals surface area contributed by atoms with E-state index < -0.39 is 16.7 Å². The second-order valence-corrected chi connectivity index (χ2v) is 17.4. The van der Waals surface area contributed by atoms with Crippen LogP contribution in [0.4, 0.5) is 0 Å².